The van der Waals surface area contributed by atoms with Crippen LogP contribution in [-0.4, -0.2) is 45.5 Å². The van der Waals surface area contributed by atoms with Gasteiger partial charge in [-0.3, -0.25) is 4.79 Å². The van der Waals surface area contributed by atoms with Crippen LogP contribution in [0.15, 0.2) is 60.0 Å². The third-order valence-corrected chi connectivity index (χ3v) is 5.30. The van der Waals surface area contributed by atoms with E-state index in [1.807, 2.05) is 79.0 Å². The van der Waals surface area contributed by atoms with E-state index < -0.39 is 0 Å². The summed E-state index contributed by atoms with van der Waals surface area (Å²) >= 11 is 1.65. The minimum absolute atomic E-state index is 0.171. The average molecular weight is 411 g/mol. The number of rotatable bonds is 5. The number of thiophene rings is 1. The first-order valence-electron chi connectivity index (χ1n) is 9.48. The third-order valence-electron chi connectivity index (χ3n) is 4.39. The van der Waals surface area contributed by atoms with Gasteiger partial charge in [0.25, 0.3) is 5.91 Å². The van der Waals surface area contributed by atoms with Crippen LogP contribution in [0.4, 0.5) is 17.1 Å². The number of carbonyl (C=O) groups is 1. The first-order chi connectivity index (χ1) is 13.8. The van der Waals surface area contributed by atoms with Crippen molar-refractivity contribution in [1.82, 2.24) is 4.90 Å². The zero-order chi connectivity index (χ0) is 21.4. The molecule has 0 radical (unpaired) electrons. The summed E-state index contributed by atoms with van der Waals surface area (Å²) in [5, 5.41) is 4.93. The Hall–Kier alpha value is -2.83. The van der Waals surface area contributed by atoms with Gasteiger partial charge in [0, 0.05) is 30.2 Å². The Labute approximate surface area is 177 Å². The summed E-state index contributed by atoms with van der Waals surface area (Å²) in [5.74, 6) is -0.171. The van der Waals surface area contributed by atoms with Gasteiger partial charge in [-0.25, -0.2) is 0 Å². The lowest BCUT2D eigenvalue weighted by atomic mass is 10.1. The second-order valence-electron chi connectivity index (χ2n) is 7.07. The van der Waals surface area contributed by atoms with Gasteiger partial charge in [0.15, 0.2) is 0 Å². The Morgan fingerprint density at radius 2 is 1.69 bits per heavy atom. The monoisotopic (exact) mass is 410 g/mol. The highest BCUT2D eigenvalue weighted by atomic mass is 32.1. The number of nitrogens with zero attached hydrogens (tertiary/aromatic N) is 2. The molecule has 0 unspecified atom stereocenters. The molecule has 0 fully saturated rings. The quantitative estimate of drug-likeness (QED) is 0.588. The molecule has 154 valence electrons. The number of hydrogen-bond donors (Lipinski definition) is 2. The molecule has 0 aliphatic heterocycles. The fraction of sp³-hybridized carbons (Fsp3) is 0.261. The van der Waals surface area contributed by atoms with Crippen LogP contribution in [-0.2, 0) is 0 Å². The van der Waals surface area contributed by atoms with Gasteiger partial charge in [-0.2, -0.15) is 0 Å². The summed E-state index contributed by atoms with van der Waals surface area (Å²) < 4.78 is 0. The van der Waals surface area contributed by atoms with Gasteiger partial charge in [0.1, 0.15) is 0 Å². The van der Waals surface area contributed by atoms with E-state index in [0.717, 1.165) is 22.7 Å². The molecule has 3 N–H and O–H groups in total. The number of anilines is 3. The summed E-state index contributed by atoms with van der Waals surface area (Å²) in [4.78, 5) is 17.7. The molecule has 0 aliphatic rings. The van der Waals surface area contributed by atoms with Gasteiger partial charge in [-0.15, -0.1) is 11.3 Å². The van der Waals surface area contributed by atoms with E-state index in [4.69, 9.17) is 5.73 Å². The molecular weight excluding hydrogens is 380 g/mol. The van der Waals surface area contributed by atoms with E-state index >= 15 is 0 Å². The fourth-order valence-corrected chi connectivity index (χ4v) is 3.09. The van der Waals surface area contributed by atoms with Crippen LogP contribution in [0, 0.1) is 0 Å². The maximum Gasteiger partial charge on any atom is 0.255 e. The Balaban J connectivity index is 0.000000537. The van der Waals surface area contributed by atoms with Crippen LogP contribution in [0.3, 0.4) is 0 Å². The SMILES string of the molecule is CCN(C)C.CN(C)c1ccc(C(=O)Nc2cc(-c3cccs3)ccc2N)cc1. The number of amides is 1. The van der Waals surface area contributed by atoms with Crippen molar-refractivity contribution in [2.24, 2.45) is 0 Å². The molecule has 2 aromatic carbocycles. The second-order valence-corrected chi connectivity index (χ2v) is 8.02. The van der Waals surface area contributed by atoms with Crippen molar-refractivity contribution in [3.8, 4) is 10.4 Å². The van der Waals surface area contributed by atoms with Crippen molar-refractivity contribution >= 4 is 34.3 Å². The van der Waals surface area contributed by atoms with E-state index in [0.29, 0.717) is 16.9 Å². The molecule has 0 saturated carbocycles. The first-order valence-corrected chi connectivity index (χ1v) is 10.4. The summed E-state index contributed by atoms with van der Waals surface area (Å²) in [6.07, 6.45) is 0. The topological polar surface area (TPSA) is 61.6 Å². The Morgan fingerprint density at radius 1 is 1.03 bits per heavy atom. The Bertz CT molecular complexity index is 903. The largest absolute Gasteiger partial charge is 0.397 e. The van der Waals surface area contributed by atoms with Crippen molar-refractivity contribution < 1.29 is 4.79 Å². The number of nitrogen functional groups attached to an aromatic ring is 1. The molecule has 0 saturated heterocycles. The van der Waals surface area contributed by atoms with E-state index in [-0.39, 0.29) is 5.91 Å². The third kappa shape index (κ3) is 6.62. The van der Waals surface area contributed by atoms with Crippen molar-refractivity contribution in [3.63, 3.8) is 0 Å². The predicted molar refractivity (Wildman–Crippen MR) is 127 cm³/mol. The number of nitrogens with one attached hydrogen (secondary N) is 1. The zero-order valence-corrected chi connectivity index (χ0v) is 18.6. The zero-order valence-electron chi connectivity index (χ0n) is 17.8. The molecule has 1 heterocycles. The van der Waals surface area contributed by atoms with E-state index in [1.54, 1.807) is 11.3 Å². The molecule has 5 nitrogen and oxygen atoms in total. The maximum absolute atomic E-state index is 12.5. The maximum atomic E-state index is 12.5. The average Bonchev–Trinajstić information content (AvgIpc) is 3.25. The lowest BCUT2D eigenvalue weighted by Gasteiger charge is -2.13. The van der Waals surface area contributed by atoms with Crippen LogP contribution in [0.25, 0.3) is 10.4 Å². The van der Waals surface area contributed by atoms with Gasteiger partial charge in [-0.1, -0.05) is 19.1 Å². The highest BCUT2D eigenvalue weighted by molar-refractivity contribution is 7.13. The predicted octanol–water partition coefficient (Wildman–Crippen LogP) is 4.88. The molecule has 0 spiro atoms. The molecule has 3 rings (SSSR count). The minimum atomic E-state index is -0.171. The number of hydrogen-bond acceptors (Lipinski definition) is 5. The molecule has 1 amide bonds. The Kier molecular flexibility index (Phi) is 8.24. The van der Waals surface area contributed by atoms with Crippen LogP contribution >= 0.6 is 11.3 Å². The molecule has 6 heteroatoms. The molecular formula is C23H30N4OS. The number of carbonyl (C=O) groups excluding carboxylic acids is 1. The summed E-state index contributed by atoms with van der Waals surface area (Å²) in [5.41, 5.74) is 9.88. The Morgan fingerprint density at radius 3 is 2.21 bits per heavy atom. The first kappa shape index (κ1) is 22.5. The highest BCUT2D eigenvalue weighted by Gasteiger charge is 2.10. The van der Waals surface area contributed by atoms with Crippen LogP contribution < -0.4 is 16.0 Å². The van der Waals surface area contributed by atoms with Gasteiger partial charge in [0.2, 0.25) is 0 Å². The minimum Gasteiger partial charge on any atom is -0.397 e. The molecule has 29 heavy (non-hydrogen) atoms. The van der Waals surface area contributed by atoms with E-state index in [1.165, 1.54) is 0 Å². The summed E-state index contributed by atoms with van der Waals surface area (Å²) in [7, 11) is 8.04. The molecule has 0 aliphatic carbocycles. The second kappa shape index (κ2) is 10.6. The number of benzene rings is 2. The molecule has 3 aromatic rings. The fourth-order valence-electron chi connectivity index (χ4n) is 2.37. The van der Waals surface area contributed by atoms with Crippen molar-refractivity contribution in [2.75, 3.05) is 50.7 Å². The van der Waals surface area contributed by atoms with E-state index in [2.05, 4.69) is 31.2 Å². The lowest BCUT2D eigenvalue weighted by molar-refractivity contribution is 0.102. The molecule has 0 bridgehead atoms. The smallest absolute Gasteiger partial charge is 0.255 e. The van der Waals surface area contributed by atoms with E-state index in [9.17, 15) is 4.79 Å². The van der Waals surface area contributed by atoms with Crippen molar-refractivity contribution in [1.29, 1.82) is 0 Å². The van der Waals surface area contributed by atoms with Gasteiger partial charge in [0.05, 0.1) is 11.4 Å². The van der Waals surface area contributed by atoms with Crippen molar-refractivity contribution in [2.45, 2.75) is 6.92 Å². The van der Waals surface area contributed by atoms with Crippen LogP contribution in [0.2, 0.25) is 0 Å². The number of nitrogens with two attached hydrogens (primary N) is 1. The summed E-state index contributed by atoms with van der Waals surface area (Å²) in [6.45, 7) is 3.26. The van der Waals surface area contributed by atoms with Gasteiger partial charge < -0.3 is 20.9 Å². The molecule has 1 aromatic heterocycles. The highest BCUT2D eigenvalue weighted by Crippen LogP contribution is 2.30. The van der Waals surface area contributed by atoms with Gasteiger partial charge in [-0.05, 0) is 74.0 Å². The molecule has 0 atom stereocenters. The summed E-state index contributed by atoms with van der Waals surface area (Å²) in [6, 6.07) is 17.2. The van der Waals surface area contributed by atoms with Crippen molar-refractivity contribution in [3.05, 3.63) is 65.5 Å². The normalized spacial score (nSPS) is 10.3. The standard InChI is InChI=1S/C19H19N3OS.C4H11N/c1-22(2)15-8-5-13(6-9-15)19(23)21-17-12-14(7-10-16(17)20)18-4-3-11-24-18;1-4-5(2)3/h3-12H,20H2,1-2H3,(H,21,23);4H2,1-3H3. The van der Waals surface area contributed by atoms with Crippen LogP contribution in [0.1, 0.15) is 17.3 Å². The lowest BCUT2D eigenvalue weighted by Crippen LogP contribution is -2.14. The van der Waals surface area contributed by atoms with Gasteiger partial charge >= 0.3 is 0 Å². The van der Waals surface area contributed by atoms with Crippen LogP contribution in [0.5, 0.6) is 0 Å².